The van der Waals surface area contributed by atoms with Crippen LogP contribution in [-0.2, 0) is 6.42 Å². The van der Waals surface area contributed by atoms with Crippen LogP contribution in [0.25, 0.3) is 0 Å². The van der Waals surface area contributed by atoms with E-state index in [2.05, 4.69) is 64.6 Å². The summed E-state index contributed by atoms with van der Waals surface area (Å²) < 4.78 is 6.96. The van der Waals surface area contributed by atoms with Gasteiger partial charge in [-0.2, -0.15) is 0 Å². The van der Waals surface area contributed by atoms with Crippen molar-refractivity contribution in [3.05, 3.63) is 63.1 Å². The Kier molecular flexibility index (Phi) is 3.81. The molecule has 0 bridgehead atoms. The summed E-state index contributed by atoms with van der Waals surface area (Å²) in [5, 5.41) is 3.43. The van der Waals surface area contributed by atoms with Crippen molar-refractivity contribution in [1.29, 1.82) is 0 Å². The molecule has 0 saturated heterocycles. The fraction of sp³-hybridized carbons (Fsp3) is 0.294. The number of aryl methyl sites for hydroxylation is 1. The maximum absolute atomic E-state index is 5.85. The van der Waals surface area contributed by atoms with Crippen LogP contribution in [-0.4, -0.2) is 13.7 Å². The first-order valence-electron chi connectivity index (χ1n) is 6.88. The van der Waals surface area contributed by atoms with Gasteiger partial charge in [0.1, 0.15) is 5.75 Å². The molecule has 0 amide bonds. The molecular weight excluding hydrogens is 314 g/mol. The van der Waals surface area contributed by atoms with Gasteiger partial charge in [0.2, 0.25) is 0 Å². The first kappa shape index (κ1) is 13.7. The van der Waals surface area contributed by atoms with Gasteiger partial charge < -0.3 is 10.1 Å². The number of fused-ring (bicyclic) bond motifs is 1. The van der Waals surface area contributed by atoms with Crippen molar-refractivity contribution in [3.63, 3.8) is 0 Å². The Hall–Kier alpha value is -1.32. The molecule has 0 spiro atoms. The van der Waals surface area contributed by atoms with E-state index in [-0.39, 0.29) is 6.04 Å². The number of halogens is 1. The molecular formula is C17H18BrNO. The second-order valence-electron chi connectivity index (χ2n) is 5.16. The summed E-state index contributed by atoms with van der Waals surface area (Å²) in [6.45, 7) is 2.94. The molecule has 20 heavy (non-hydrogen) atoms. The van der Waals surface area contributed by atoms with Crippen LogP contribution in [0.4, 0.5) is 0 Å². The maximum atomic E-state index is 5.85. The minimum Gasteiger partial charge on any atom is -0.493 e. The van der Waals surface area contributed by atoms with Crippen LogP contribution >= 0.6 is 15.9 Å². The number of rotatable bonds is 3. The summed E-state index contributed by atoms with van der Waals surface area (Å²) in [5.41, 5.74) is 5.11. The average molecular weight is 332 g/mol. The molecule has 0 fully saturated rings. The molecule has 2 nitrogen and oxygen atoms in total. The molecule has 0 aliphatic carbocycles. The van der Waals surface area contributed by atoms with Gasteiger partial charge in [-0.15, -0.1) is 0 Å². The summed E-state index contributed by atoms with van der Waals surface area (Å²) in [6, 6.07) is 13.0. The number of para-hydroxylation sites is 1. The minimum atomic E-state index is 0.163. The molecule has 1 N–H and O–H groups in total. The Bertz CT molecular complexity index is 639. The lowest BCUT2D eigenvalue weighted by Crippen LogP contribution is -2.19. The van der Waals surface area contributed by atoms with E-state index in [1.807, 2.05) is 7.05 Å². The Morgan fingerprint density at radius 3 is 2.80 bits per heavy atom. The molecule has 1 aliphatic heterocycles. The Morgan fingerprint density at radius 1 is 1.20 bits per heavy atom. The lowest BCUT2D eigenvalue weighted by Gasteiger charge is -2.21. The van der Waals surface area contributed by atoms with Crippen molar-refractivity contribution in [2.45, 2.75) is 19.4 Å². The highest BCUT2D eigenvalue weighted by Gasteiger charge is 2.23. The Morgan fingerprint density at radius 2 is 2.05 bits per heavy atom. The highest BCUT2D eigenvalue weighted by molar-refractivity contribution is 9.10. The molecule has 0 saturated carbocycles. The van der Waals surface area contributed by atoms with Gasteiger partial charge in [-0.3, -0.25) is 0 Å². The zero-order chi connectivity index (χ0) is 14.1. The van der Waals surface area contributed by atoms with Crippen molar-refractivity contribution in [1.82, 2.24) is 5.32 Å². The first-order chi connectivity index (χ1) is 9.70. The molecule has 1 aliphatic rings. The summed E-state index contributed by atoms with van der Waals surface area (Å²) in [7, 11) is 2.00. The summed E-state index contributed by atoms with van der Waals surface area (Å²) in [5.74, 6) is 1.06. The molecule has 1 unspecified atom stereocenters. The number of nitrogens with one attached hydrogen (secondary N) is 1. The molecule has 2 aromatic rings. The van der Waals surface area contributed by atoms with E-state index >= 15 is 0 Å². The topological polar surface area (TPSA) is 21.3 Å². The monoisotopic (exact) mass is 331 g/mol. The number of hydrogen-bond donors (Lipinski definition) is 1. The SMILES string of the molecule is CNC(c1ccc(Br)cc1C)c1cccc2c1OCC2. The third-order valence-electron chi connectivity index (χ3n) is 3.89. The van der Waals surface area contributed by atoms with Gasteiger partial charge in [0, 0.05) is 16.5 Å². The maximum Gasteiger partial charge on any atom is 0.127 e. The largest absolute Gasteiger partial charge is 0.493 e. The molecule has 3 heteroatoms. The van der Waals surface area contributed by atoms with Gasteiger partial charge in [0.05, 0.1) is 12.6 Å². The minimum absolute atomic E-state index is 0.163. The van der Waals surface area contributed by atoms with Gasteiger partial charge in [-0.05, 0) is 42.8 Å². The average Bonchev–Trinajstić information content (AvgIpc) is 2.91. The smallest absolute Gasteiger partial charge is 0.127 e. The van der Waals surface area contributed by atoms with Crippen LogP contribution in [0.1, 0.15) is 28.3 Å². The van der Waals surface area contributed by atoms with Crippen LogP contribution in [0.2, 0.25) is 0 Å². The van der Waals surface area contributed by atoms with Gasteiger partial charge >= 0.3 is 0 Å². The lowest BCUT2D eigenvalue weighted by atomic mass is 9.93. The fourth-order valence-corrected chi connectivity index (χ4v) is 3.39. The predicted molar refractivity (Wildman–Crippen MR) is 85.4 cm³/mol. The van der Waals surface area contributed by atoms with Crippen LogP contribution < -0.4 is 10.1 Å². The highest BCUT2D eigenvalue weighted by atomic mass is 79.9. The standard InChI is InChI=1S/C17H18BrNO/c1-11-10-13(18)6-7-14(11)16(19-2)15-5-3-4-12-8-9-20-17(12)15/h3-7,10,16,19H,8-9H2,1-2H3. The van der Waals surface area contributed by atoms with Crippen molar-refractivity contribution in [2.24, 2.45) is 0 Å². The van der Waals surface area contributed by atoms with E-state index in [4.69, 9.17) is 4.74 Å². The van der Waals surface area contributed by atoms with Crippen LogP contribution in [0.5, 0.6) is 5.75 Å². The van der Waals surface area contributed by atoms with Crippen molar-refractivity contribution >= 4 is 15.9 Å². The van der Waals surface area contributed by atoms with Gasteiger partial charge in [-0.1, -0.05) is 40.2 Å². The molecule has 2 aromatic carbocycles. The van der Waals surface area contributed by atoms with E-state index in [1.54, 1.807) is 0 Å². The summed E-state index contributed by atoms with van der Waals surface area (Å²) in [4.78, 5) is 0. The molecule has 0 aromatic heterocycles. The van der Waals surface area contributed by atoms with Crippen LogP contribution in [0.3, 0.4) is 0 Å². The third-order valence-corrected chi connectivity index (χ3v) is 4.38. The molecule has 1 atom stereocenters. The number of benzene rings is 2. The summed E-state index contributed by atoms with van der Waals surface area (Å²) >= 11 is 3.53. The van der Waals surface area contributed by atoms with Crippen molar-refractivity contribution < 1.29 is 4.74 Å². The lowest BCUT2D eigenvalue weighted by molar-refractivity contribution is 0.351. The van der Waals surface area contributed by atoms with Gasteiger partial charge in [0.25, 0.3) is 0 Å². The zero-order valence-corrected chi connectivity index (χ0v) is 13.3. The van der Waals surface area contributed by atoms with Crippen molar-refractivity contribution in [2.75, 3.05) is 13.7 Å². The fourth-order valence-electron chi connectivity index (χ4n) is 2.91. The Balaban J connectivity index is 2.09. The van der Waals surface area contributed by atoms with Crippen LogP contribution in [0, 0.1) is 6.92 Å². The number of hydrogen-bond acceptors (Lipinski definition) is 2. The first-order valence-corrected chi connectivity index (χ1v) is 7.68. The van der Waals surface area contributed by atoms with Crippen LogP contribution in [0.15, 0.2) is 40.9 Å². The molecule has 3 rings (SSSR count). The van der Waals surface area contributed by atoms with E-state index in [9.17, 15) is 0 Å². The van der Waals surface area contributed by atoms with E-state index in [0.29, 0.717) is 0 Å². The quantitative estimate of drug-likeness (QED) is 0.917. The van der Waals surface area contributed by atoms with Gasteiger partial charge in [-0.25, -0.2) is 0 Å². The second-order valence-corrected chi connectivity index (χ2v) is 6.07. The van der Waals surface area contributed by atoms with E-state index < -0.39 is 0 Å². The summed E-state index contributed by atoms with van der Waals surface area (Å²) in [6.07, 6.45) is 1.01. The third kappa shape index (κ3) is 2.36. The number of ether oxygens (including phenoxy) is 1. The Labute approximate surface area is 128 Å². The molecule has 104 valence electrons. The molecule has 0 radical (unpaired) electrons. The van der Waals surface area contributed by atoms with Gasteiger partial charge in [0.15, 0.2) is 0 Å². The zero-order valence-electron chi connectivity index (χ0n) is 11.7. The highest BCUT2D eigenvalue weighted by Crippen LogP contribution is 2.37. The second kappa shape index (κ2) is 5.58. The normalized spacial score (nSPS) is 14.8. The molecule has 1 heterocycles. The van der Waals surface area contributed by atoms with E-state index in [1.165, 1.54) is 22.3 Å². The van der Waals surface area contributed by atoms with Crippen molar-refractivity contribution in [3.8, 4) is 5.75 Å². The van der Waals surface area contributed by atoms with E-state index in [0.717, 1.165) is 23.2 Å². The predicted octanol–water partition coefficient (Wildman–Crippen LogP) is 4.00.